The molecule has 12 aromatic rings. The third-order valence-electron chi connectivity index (χ3n) is 13.4. The number of rotatable bonds is 9. The van der Waals surface area contributed by atoms with Crippen LogP contribution < -0.4 is 20.7 Å². The summed E-state index contributed by atoms with van der Waals surface area (Å²) in [6.45, 7) is 6.54. The van der Waals surface area contributed by atoms with E-state index in [0.717, 1.165) is 28.3 Å². The van der Waals surface area contributed by atoms with Crippen LogP contribution in [0.1, 0.15) is 18.2 Å². The molecule has 12 rings (SSSR count). The highest BCUT2D eigenvalue weighted by atomic mass is 28.3. The zero-order valence-electron chi connectivity index (χ0n) is 36.1. The third-order valence-corrected chi connectivity index (χ3v) is 18.2. The van der Waals surface area contributed by atoms with Crippen LogP contribution in [-0.4, -0.2) is 21.8 Å². The number of allylic oxidation sites excluding steroid dienone is 1. The lowest BCUT2D eigenvalue weighted by atomic mass is 10.1. The fourth-order valence-electron chi connectivity index (χ4n) is 10.9. The van der Waals surface area contributed by atoms with E-state index in [1.165, 1.54) is 75.3 Å². The topological polar surface area (TPSA) is 14.8 Å². The van der Waals surface area contributed by atoms with Crippen LogP contribution in [0.15, 0.2) is 237 Å². The van der Waals surface area contributed by atoms with Crippen LogP contribution in [-0.2, 0) is 0 Å². The summed E-state index contributed by atoms with van der Waals surface area (Å²) in [4.78, 5) is 0. The minimum absolute atomic E-state index is 1.11. The van der Waals surface area contributed by atoms with Crippen molar-refractivity contribution in [1.29, 1.82) is 0 Å². The SMILES string of the molecule is C=Cc1c(/C=C\C)n(-c2cccc([Si](c3ccccc3)(c3ccccc3)c3cccc4c5ccccc5n(-c5ccccc5)c34)c2)c2c1ccc1c2c2ccccc2n1-c1ccccc1. The smallest absolute Gasteiger partial charge is 0.181 e. The van der Waals surface area contributed by atoms with Crippen LogP contribution in [0.25, 0.3) is 83.7 Å². The standard InChI is InChI=1S/C61H45N3Si/c1-3-23-54-49(4-2)52-40-41-57-59(53-35-18-20-38-56(53)62(57)43-24-9-5-10-25-43)61(52)64(54)45-28-21-33-48(42-45)65(46-29-13-7-14-30-46,47-31-15-8-16-32-47)58-39-22-36-51-50-34-17-19-37-55(50)63(60(51)58)44-26-11-6-12-27-44/h3-42H,2H2,1H3/b23-3-. The van der Waals surface area contributed by atoms with Crippen LogP contribution in [0.4, 0.5) is 0 Å². The largest absolute Gasteiger partial charge is 0.309 e. The number of aromatic nitrogens is 3. The molecule has 0 fully saturated rings. The maximum Gasteiger partial charge on any atom is 0.181 e. The van der Waals surface area contributed by atoms with E-state index >= 15 is 0 Å². The van der Waals surface area contributed by atoms with Crippen LogP contribution in [0.3, 0.4) is 0 Å². The minimum atomic E-state index is -3.17. The van der Waals surface area contributed by atoms with Gasteiger partial charge in [-0.15, -0.1) is 0 Å². The van der Waals surface area contributed by atoms with Gasteiger partial charge in [0.2, 0.25) is 0 Å². The first kappa shape index (κ1) is 38.5. The molecule has 3 aromatic heterocycles. The molecule has 0 atom stereocenters. The van der Waals surface area contributed by atoms with Crippen LogP contribution >= 0.6 is 0 Å². The second kappa shape index (κ2) is 15.6. The Hall–Kier alpha value is -8.18. The fourth-order valence-corrected chi connectivity index (χ4v) is 15.9. The maximum absolute atomic E-state index is 4.43. The molecule has 0 unspecified atom stereocenters. The van der Waals surface area contributed by atoms with Gasteiger partial charge in [0.25, 0.3) is 0 Å². The van der Waals surface area contributed by atoms with Gasteiger partial charge in [-0.25, -0.2) is 0 Å². The summed E-state index contributed by atoms with van der Waals surface area (Å²) >= 11 is 0. The summed E-state index contributed by atoms with van der Waals surface area (Å²) in [6, 6.07) is 83.1. The lowest BCUT2D eigenvalue weighted by molar-refractivity contribution is 1.11. The summed E-state index contributed by atoms with van der Waals surface area (Å²) in [5, 5.41) is 11.4. The van der Waals surface area contributed by atoms with E-state index in [4.69, 9.17) is 0 Å². The molecule has 308 valence electrons. The highest BCUT2D eigenvalue weighted by molar-refractivity contribution is 7.20. The van der Waals surface area contributed by atoms with Crippen LogP contribution in [0.5, 0.6) is 0 Å². The van der Waals surface area contributed by atoms with Gasteiger partial charge in [-0.2, -0.15) is 0 Å². The second-order valence-electron chi connectivity index (χ2n) is 16.8. The minimum Gasteiger partial charge on any atom is -0.309 e. The summed E-state index contributed by atoms with van der Waals surface area (Å²) < 4.78 is 7.43. The van der Waals surface area contributed by atoms with Gasteiger partial charge in [-0.1, -0.05) is 189 Å². The summed E-state index contributed by atoms with van der Waals surface area (Å²) in [5.41, 5.74) is 11.6. The highest BCUT2D eigenvalue weighted by Crippen LogP contribution is 2.42. The van der Waals surface area contributed by atoms with Crippen molar-refractivity contribution < 1.29 is 0 Å². The lowest BCUT2D eigenvalue weighted by Gasteiger charge is -2.35. The molecule has 9 aromatic carbocycles. The molecule has 0 N–H and O–H groups in total. The second-order valence-corrected chi connectivity index (χ2v) is 20.6. The quantitative estimate of drug-likeness (QED) is 0.102. The first-order chi connectivity index (χ1) is 32.2. The lowest BCUT2D eigenvalue weighted by Crippen LogP contribution is -2.75. The third kappa shape index (κ3) is 5.74. The van der Waals surface area contributed by atoms with Crippen molar-refractivity contribution in [3.8, 4) is 17.1 Å². The van der Waals surface area contributed by atoms with Gasteiger partial charge < -0.3 is 13.7 Å². The predicted octanol–water partition coefficient (Wildman–Crippen LogP) is 12.9. The average Bonchev–Trinajstić information content (AvgIpc) is 4.01. The van der Waals surface area contributed by atoms with Crippen LogP contribution in [0, 0.1) is 0 Å². The summed E-state index contributed by atoms with van der Waals surface area (Å²) in [6.07, 6.45) is 6.45. The van der Waals surface area contributed by atoms with Crippen molar-refractivity contribution in [3.63, 3.8) is 0 Å². The molecule has 3 nitrogen and oxygen atoms in total. The van der Waals surface area contributed by atoms with E-state index in [2.05, 4.69) is 264 Å². The van der Waals surface area contributed by atoms with Crippen molar-refractivity contribution in [2.45, 2.75) is 6.92 Å². The molecule has 0 saturated heterocycles. The van der Waals surface area contributed by atoms with Crippen LogP contribution in [0.2, 0.25) is 0 Å². The van der Waals surface area contributed by atoms with Gasteiger partial charge in [-0.05, 0) is 88.3 Å². The Morgan fingerprint density at radius 1 is 0.400 bits per heavy atom. The highest BCUT2D eigenvalue weighted by Gasteiger charge is 2.44. The van der Waals surface area contributed by atoms with E-state index in [0.29, 0.717) is 0 Å². The molecular formula is C61H45N3Si. The molecule has 0 radical (unpaired) electrons. The molecule has 0 aliphatic heterocycles. The Morgan fingerprint density at radius 3 is 1.57 bits per heavy atom. The first-order valence-electron chi connectivity index (χ1n) is 22.4. The van der Waals surface area contributed by atoms with Crippen molar-refractivity contribution in [2.75, 3.05) is 0 Å². The van der Waals surface area contributed by atoms with Gasteiger partial charge in [0, 0.05) is 49.6 Å². The molecular weight excluding hydrogens is 803 g/mol. The van der Waals surface area contributed by atoms with Gasteiger partial charge in [0.05, 0.1) is 33.3 Å². The Morgan fingerprint density at radius 2 is 0.923 bits per heavy atom. The maximum atomic E-state index is 4.43. The van der Waals surface area contributed by atoms with E-state index in [1.54, 1.807) is 0 Å². The first-order valence-corrected chi connectivity index (χ1v) is 24.4. The zero-order valence-corrected chi connectivity index (χ0v) is 37.1. The molecule has 4 heteroatoms. The molecule has 0 aliphatic rings. The summed E-state index contributed by atoms with van der Waals surface area (Å²) in [7, 11) is -3.17. The van der Waals surface area contributed by atoms with Gasteiger partial charge in [-0.3, -0.25) is 0 Å². The predicted molar refractivity (Wildman–Crippen MR) is 280 cm³/mol. The normalized spacial score (nSPS) is 12.1. The number of hydrogen-bond donors (Lipinski definition) is 0. The van der Waals surface area contributed by atoms with Gasteiger partial charge in [0.15, 0.2) is 8.07 Å². The van der Waals surface area contributed by atoms with Crippen molar-refractivity contribution in [3.05, 3.63) is 248 Å². The van der Waals surface area contributed by atoms with Gasteiger partial charge >= 0.3 is 0 Å². The average molecular weight is 848 g/mol. The van der Waals surface area contributed by atoms with E-state index in [-0.39, 0.29) is 0 Å². The number of fused-ring (bicyclic) bond motifs is 8. The van der Waals surface area contributed by atoms with Gasteiger partial charge in [0.1, 0.15) is 0 Å². The molecule has 0 aliphatic carbocycles. The number of hydrogen-bond acceptors (Lipinski definition) is 0. The monoisotopic (exact) mass is 847 g/mol. The Balaban J connectivity index is 1.24. The van der Waals surface area contributed by atoms with Crippen molar-refractivity contribution in [2.24, 2.45) is 0 Å². The van der Waals surface area contributed by atoms with E-state index < -0.39 is 8.07 Å². The molecule has 0 amide bonds. The molecule has 0 bridgehead atoms. The molecule has 0 saturated carbocycles. The van der Waals surface area contributed by atoms with E-state index in [1.807, 2.05) is 6.08 Å². The summed E-state index contributed by atoms with van der Waals surface area (Å²) in [5.74, 6) is 0. The number of benzene rings is 9. The fraction of sp³-hybridized carbons (Fsp3) is 0.0164. The zero-order chi connectivity index (χ0) is 43.5. The van der Waals surface area contributed by atoms with E-state index in [9.17, 15) is 0 Å². The molecule has 0 spiro atoms. The number of nitrogens with zero attached hydrogens (tertiary/aromatic N) is 3. The Bertz CT molecular complexity index is 3740. The molecule has 65 heavy (non-hydrogen) atoms. The van der Waals surface area contributed by atoms with Crippen molar-refractivity contribution in [1.82, 2.24) is 13.7 Å². The Labute approximate surface area is 379 Å². The Kier molecular flexibility index (Phi) is 9.21. The number of para-hydroxylation sites is 5. The molecule has 3 heterocycles. The van der Waals surface area contributed by atoms with Crippen molar-refractivity contribution >= 4 is 95.5 Å².